The fourth-order valence-corrected chi connectivity index (χ4v) is 4.17. The van der Waals surface area contributed by atoms with Crippen molar-refractivity contribution in [1.29, 1.82) is 0 Å². The Labute approximate surface area is 189 Å². The highest BCUT2D eigenvalue weighted by Gasteiger charge is 2.32. The molecule has 0 bridgehead atoms. The molecule has 11 nitrogen and oxygen atoms in total. The lowest BCUT2D eigenvalue weighted by atomic mass is 10.1. The van der Waals surface area contributed by atoms with Crippen LogP contribution in [0.15, 0.2) is 24.9 Å². The highest BCUT2D eigenvalue weighted by Crippen LogP contribution is 2.44. The van der Waals surface area contributed by atoms with Crippen LogP contribution in [0.4, 0.5) is 11.5 Å². The Morgan fingerprint density at radius 1 is 1.21 bits per heavy atom. The number of primary amides is 1. The van der Waals surface area contributed by atoms with E-state index in [0.717, 1.165) is 46.5 Å². The van der Waals surface area contributed by atoms with Gasteiger partial charge in [0.25, 0.3) is 5.91 Å². The molecule has 0 radical (unpaired) electrons. The van der Waals surface area contributed by atoms with Crippen molar-refractivity contribution in [1.82, 2.24) is 34.3 Å². The van der Waals surface area contributed by atoms with E-state index < -0.39 is 5.91 Å². The predicted molar refractivity (Wildman–Crippen MR) is 120 cm³/mol. The first kappa shape index (κ1) is 19.8. The maximum atomic E-state index is 12.4. The van der Waals surface area contributed by atoms with Crippen molar-refractivity contribution in [3.63, 3.8) is 0 Å². The average Bonchev–Trinajstić information content (AvgIpc) is 3.47. The molecule has 11 heteroatoms. The second-order valence-corrected chi connectivity index (χ2v) is 8.61. The van der Waals surface area contributed by atoms with E-state index in [1.54, 1.807) is 24.9 Å². The summed E-state index contributed by atoms with van der Waals surface area (Å²) in [4.78, 5) is 30.9. The summed E-state index contributed by atoms with van der Waals surface area (Å²) in [6.45, 7) is 3.25. The van der Waals surface area contributed by atoms with Gasteiger partial charge in [-0.05, 0) is 19.8 Å². The van der Waals surface area contributed by atoms with Crippen molar-refractivity contribution in [3.8, 4) is 11.3 Å². The van der Waals surface area contributed by atoms with Gasteiger partial charge in [0.2, 0.25) is 0 Å². The number of fused-ring (bicyclic) bond motifs is 1. The SMILES string of the molecule is Cc1c(Nc2nc(C3CC3)c(-c3cncc4c3ncn4C)nc2C(N)=O)cnn1C1COC1. The van der Waals surface area contributed by atoms with Gasteiger partial charge in [0, 0.05) is 24.7 Å². The Hall–Kier alpha value is -3.86. The zero-order valence-corrected chi connectivity index (χ0v) is 18.3. The van der Waals surface area contributed by atoms with Crippen LogP contribution in [0.5, 0.6) is 0 Å². The van der Waals surface area contributed by atoms with Crippen LogP contribution in [-0.2, 0) is 11.8 Å². The number of aryl methyl sites for hydroxylation is 1. The molecule has 33 heavy (non-hydrogen) atoms. The number of nitrogens with two attached hydrogens (primary N) is 1. The quantitative estimate of drug-likeness (QED) is 0.461. The zero-order chi connectivity index (χ0) is 22.7. The number of carbonyl (C=O) groups excluding carboxylic acids is 1. The molecule has 0 atom stereocenters. The van der Waals surface area contributed by atoms with Crippen molar-refractivity contribution >= 4 is 28.4 Å². The fraction of sp³-hybridized carbons (Fsp3) is 0.364. The van der Waals surface area contributed by atoms with Gasteiger partial charge in [-0.25, -0.2) is 15.0 Å². The number of aromatic nitrogens is 7. The van der Waals surface area contributed by atoms with Crippen molar-refractivity contribution in [3.05, 3.63) is 42.0 Å². The molecule has 0 spiro atoms. The van der Waals surface area contributed by atoms with E-state index in [1.165, 1.54) is 0 Å². The molecule has 0 aromatic carbocycles. The van der Waals surface area contributed by atoms with E-state index in [-0.39, 0.29) is 17.7 Å². The summed E-state index contributed by atoms with van der Waals surface area (Å²) < 4.78 is 9.10. The lowest BCUT2D eigenvalue weighted by Crippen LogP contribution is -2.32. The third-order valence-electron chi connectivity index (χ3n) is 6.28. The number of carbonyl (C=O) groups is 1. The lowest BCUT2D eigenvalue weighted by Gasteiger charge is -2.27. The van der Waals surface area contributed by atoms with Crippen LogP contribution in [0.1, 0.15) is 46.7 Å². The summed E-state index contributed by atoms with van der Waals surface area (Å²) in [5.74, 6) is -0.0566. The minimum absolute atomic E-state index is 0.0708. The van der Waals surface area contributed by atoms with Gasteiger partial charge in [0.05, 0.1) is 66.3 Å². The number of nitrogens with zero attached hydrogens (tertiary/aromatic N) is 7. The number of rotatable bonds is 6. The summed E-state index contributed by atoms with van der Waals surface area (Å²) in [6, 6.07) is 0.220. The van der Waals surface area contributed by atoms with E-state index in [2.05, 4.69) is 20.4 Å². The van der Waals surface area contributed by atoms with E-state index in [4.69, 9.17) is 20.4 Å². The van der Waals surface area contributed by atoms with Crippen molar-refractivity contribution in [2.45, 2.75) is 31.7 Å². The van der Waals surface area contributed by atoms with E-state index >= 15 is 0 Å². The Morgan fingerprint density at radius 3 is 2.73 bits per heavy atom. The Bertz CT molecular complexity index is 1400. The summed E-state index contributed by atoms with van der Waals surface area (Å²) >= 11 is 0. The number of imidazole rings is 1. The van der Waals surface area contributed by atoms with Gasteiger partial charge in [-0.15, -0.1) is 0 Å². The molecule has 2 aliphatic rings. The first-order chi connectivity index (χ1) is 16.0. The maximum absolute atomic E-state index is 12.4. The molecule has 1 saturated carbocycles. The second-order valence-electron chi connectivity index (χ2n) is 8.61. The van der Waals surface area contributed by atoms with Crippen LogP contribution in [0.25, 0.3) is 22.3 Å². The van der Waals surface area contributed by atoms with Gasteiger partial charge in [0.1, 0.15) is 5.52 Å². The molecule has 0 unspecified atom stereocenters. The van der Waals surface area contributed by atoms with E-state index in [1.807, 2.05) is 23.2 Å². The van der Waals surface area contributed by atoms with E-state index in [9.17, 15) is 4.79 Å². The molecule has 1 amide bonds. The molecule has 2 fully saturated rings. The topological polar surface area (TPSA) is 139 Å². The number of hydrogen-bond acceptors (Lipinski definition) is 8. The number of pyridine rings is 1. The Balaban J connectivity index is 1.47. The standard InChI is InChI=1S/C22H23N9O2/c1-11-15(6-26-31(11)13-8-33-9-13)27-22-20(21(23)32)28-19(17(29-22)12-3-4-12)14-5-24-7-16-18(14)25-10-30(16)2/h5-7,10,12-13H,3-4,8-9H2,1-2H3,(H2,23,32)(H,27,29). The number of anilines is 2. The highest BCUT2D eigenvalue weighted by atomic mass is 16.5. The summed E-state index contributed by atoms with van der Waals surface area (Å²) in [7, 11) is 1.91. The third kappa shape index (κ3) is 3.23. The molecule has 1 aliphatic heterocycles. The van der Waals surface area contributed by atoms with Crippen LogP contribution in [0, 0.1) is 6.92 Å². The minimum atomic E-state index is -0.660. The molecular formula is C22H23N9O2. The Morgan fingerprint density at radius 2 is 2.03 bits per heavy atom. The molecular weight excluding hydrogens is 422 g/mol. The van der Waals surface area contributed by atoms with Gasteiger partial charge in [-0.3, -0.25) is 14.5 Å². The van der Waals surface area contributed by atoms with E-state index in [0.29, 0.717) is 24.7 Å². The molecule has 1 aliphatic carbocycles. The van der Waals surface area contributed by atoms with Gasteiger partial charge in [-0.1, -0.05) is 0 Å². The number of hydrogen-bond donors (Lipinski definition) is 2. The first-order valence-corrected chi connectivity index (χ1v) is 10.9. The minimum Gasteiger partial charge on any atom is -0.377 e. The van der Waals surface area contributed by atoms with Gasteiger partial charge in [-0.2, -0.15) is 5.10 Å². The zero-order valence-electron chi connectivity index (χ0n) is 18.3. The van der Waals surface area contributed by atoms with Crippen molar-refractivity contribution in [2.24, 2.45) is 12.8 Å². The molecule has 4 aromatic heterocycles. The maximum Gasteiger partial charge on any atom is 0.271 e. The summed E-state index contributed by atoms with van der Waals surface area (Å²) in [6.07, 6.45) is 8.97. The van der Waals surface area contributed by atoms with Crippen LogP contribution < -0.4 is 11.1 Å². The molecule has 1 saturated heterocycles. The van der Waals surface area contributed by atoms with Crippen LogP contribution in [0.2, 0.25) is 0 Å². The third-order valence-corrected chi connectivity index (χ3v) is 6.28. The molecule has 4 aromatic rings. The average molecular weight is 445 g/mol. The van der Waals surface area contributed by atoms with Gasteiger partial charge >= 0.3 is 0 Å². The Kier molecular flexibility index (Phi) is 4.40. The fourth-order valence-electron chi connectivity index (χ4n) is 4.17. The van der Waals surface area contributed by atoms with Gasteiger partial charge < -0.3 is 20.4 Å². The summed E-state index contributed by atoms with van der Waals surface area (Å²) in [5.41, 5.74) is 11.3. The largest absolute Gasteiger partial charge is 0.377 e. The number of nitrogens with one attached hydrogen (secondary N) is 1. The van der Waals surface area contributed by atoms with Crippen LogP contribution >= 0.6 is 0 Å². The normalized spacial score (nSPS) is 16.2. The van der Waals surface area contributed by atoms with Crippen molar-refractivity contribution < 1.29 is 9.53 Å². The highest BCUT2D eigenvalue weighted by molar-refractivity contribution is 5.98. The molecule has 5 heterocycles. The lowest BCUT2D eigenvalue weighted by molar-refractivity contribution is -0.0294. The number of amides is 1. The number of ether oxygens (including phenoxy) is 1. The smallest absolute Gasteiger partial charge is 0.271 e. The predicted octanol–water partition coefficient (Wildman–Crippen LogP) is 2.22. The second kappa shape index (κ2) is 7.34. The first-order valence-electron chi connectivity index (χ1n) is 10.9. The van der Waals surface area contributed by atoms with Crippen molar-refractivity contribution in [2.75, 3.05) is 18.5 Å². The monoisotopic (exact) mass is 445 g/mol. The van der Waals surface area contributed by atoms with Crippen LogP contribution in [0.3, 0.4) is 0 Å². The molecule has 6 rings (SSSR count). The molecule has 168 valence electrons. The molecule has 3 N–H and O–H groups in total. The van der Waals surface area contributed by atoms with Crippen LogP contribution in [-0.4, -0.2) is 53.4 Å². The van der Waals surface area contributed by atoms with Gasteiger partial charge in [0.15, 0.2) is 11.5 Å². The summed E-state index contributed by atoms with van der Waals surface area (Å²) in [5, 5.41) is 7.73.